The van der Waals surface area contributed by atoms with Crippen molar-refractivity contribution in [1.29, 1.82) is 0 Å². The number of rotatable bonds is 3. The number of benzene rings is 1. The highest BCUT2D eigenvalue weighted by Gasteiger charge is 2.35. The van der Waals surface area contributed by atoms with Crippen LogP contribution >= 0.6 is 34.3 Å². The summed E-state index contributed by atoms with van der Waals surface area (Å²) in [6.07, 6.45) is 0.719. The van der Waals surface area contributed by atoms with Crippen LogP contribution in [-0.4, -0.2) is 16.6 Å². The van der Waals surface area contributed by atoms with Gasteiger partial charge in [0.15, 0.2) is 0 Å². The van der Waals surface area contributed by atoms with Crippen LogP contribution in [0.1, 0.15) is 32.6 Å². The van der Waals surface area contributed by atoms with Gasteiger partial charge in [-0.1, -0.05) is 35.9 Å². The summed E-state index contributed by atoms with van der Waals surface area (Å²) in [5.74, 6) is -0.162. The molecule has 24 heavy (non-hydrogen) atoms. The normalized spacial score (nSPS) is 17.1. The van der Waals surface area contributed by atoms with Gasteiger partial charge < -0.3 is 0 Å². The molecule has 0 fully saturated rings. The Hall–Kier alpha value is -1.95. The van der Waals surface area contributed by atoms with Crippen molar-refractivity contribution in [3.8, 4) is 0 Å². The Balaban J connectivity index is 1.74. The summed E-state index contributed by atoms with van der Waals surface area (Å²) in [7, 11) is 0. The highest BCUT2D eigenvalue weighted by atomic mass is 35.5. The molecule has 2 aromatic heterocycles. The molecule has 0 spiro atoms. The first-order valence-electron chi connectivity index (χ1n) is 7.47. The van der Waals surface area contributed by atoms with Crippen LogP contribution < -0.4 is 0 Å². The molecule has 4 rings (SSSR count). The second kappa shape index (κ2) is 6.51. The number of thiophene rings is 2. The second-order valence-corrected chi connectivity index (χ2v) is 7.72. The van der Waals surface area contributed by atoms with Crippen molar-refractivity contribution in [3.63, 3.8) is 0 Å². The van der Waals surface area contributed by atoms with Crippen LogP contribution in [0, 0.1) is 0 Å². The van der Waals surface area contributed by atoms with E-state index in [1.54, 1.807) is 39.8 Å². The molecule has 6 heteroatoms. The highest BCUT2D eigenvalue weighted by Crippen LogP contribution is 2.37. The van der Waals surface area contributed by atoms with Gasteiger partial charge in [-0.25, -0.2) is 5.01 Å². The lowest BCUT2D eigenvalue weighted by molar-refractivity contribution is 0.0714. The van der Waals surface area contributed by atoms with Gasteiger partial charge in [-0.2, -0.15) is 5.10 Å². The third-order valence-corrected chi connectivity index (χ3v) is 6.12. The number of halogens is 1. The maximum Gasteiger partial charge on any atom is 0.276 e. The second-order valence-electron chi connectivity index (χ2n) is 5.39. The van der Waals surface area contributed by atoms with Crippen molar-refractivity contribution in [2.45, 2.75) is 12.5 Å². The molecular weight excluding hydrogens is 360 g/mol. The summed E-state index contributed by atoms with van der Waals surface area (Å²) >= 11 is 9.50. The SMILES string of the molecule is O=C(c1ccccc1Cl)N1N=C(c2cccs2)C[C@H]1c1cccs1. The van der Waals surface area contributed by atoms with E-state index in [-0.39, 0.29) is 11.9 Å². The average molecular weight is 373 g/mol. The number of carbonyl (C=O) groups excluding carboxylic acids is 1. The summed E-state index contributed by atoms with van der Waals surface area (Å²) in [6, 6.07) is 15.1. The minimum atomic E-state index is -0.162. The minimum Gasteiger partial charge on any atom is -0.267 e. The Labute approximate surface area is 152 Å². The van der Waals surface area contributed by atoms with Gasteiger partial charge in [0.1, 0.15) is 0 Å². The van der Waals surface area contributed by atoms with Crippen molar-refractivity contribution in [2.75, 3.05) is 0 Å². The fraction of sp³-hybridized carbons (Fsp3) is 0.111. The molecule has 0 unspecified atom stereocenters. The van der Waals surface area contributed by atoms with Crippen LogP contribution in [0.5, 0.6) is 0 Å². The smallest absolute Gasteiger partial charge is 0.267 e. The first kappa shape index (κ1) is 15.6. The van der Waals surface area contributed by atoms with E-state index in [0.29, 0.717) is 10.6 Å². The van der Waals surface area contributed by atoms with Gasteiger partial charge in [-0.3, -0.25) is 4.79 Å². The van der Waals surface area contributed by atoms with Gasteiger partial charge in [0.05, 0.1) is 27.2 Å². The van der Waals surface area contributed by atoms with E-state index in [1.165, 1.54) is 0 Å². The van der Waals surface area contributed by atoms with Crippen molar-refractivity contribution in [3.05, 3.63) is 79.6 Å². The molecule has 0 aliphatic carbocycles. The van der Waals surface area contributed by atoms with E-state index >= 15 is 0 Å². The zero-order valence-corrected chi connectivity index (χ0v) is 14.9. The summed E-state index contributed by atoms with van der Waals surface area (Å²) in [5, 5.41) is 10.7. The van der Waals surface area contributed by atoms with Gasteiger partial charge in [0.25, 0.3) is 5.91 Å². The topological polar surface area (TPSA) is 32.7 Å². The zero-order chi connectivity index (χ0) is 16.5. The van der Waals surface area contributed by atoms with Crippen LogP contribution in [0.4, 0.5) is 0 Å². The van der Waals surface area contributed by atoms with Gasteiger partial charge in [-0.15, -0.1) is 22.7 Å². The van der Waals surface area contributed by atoms with Crippen LogP contribution in [0.25, 0.3) is 0 Å². The number of hydrogen-bond acceptors (Lipinski definition) is 4. The van der Waals surface area contributed by atoms with Crippen LogP contribution in [-0.2, 0) is 0 Å². The standard InChI is InChI=1S/C18H13ClN2OS2/c19-13-6-2-1-5-12(13)18(22)21-15(17-8-4-10-24-17)11-14(20-21)16-7-3-9-23-16/h1-10,15H,11H2/t15-/m0/s1. The molecule has 1 atom stereocenters. The number of carbonyl (C=O) groups is 1. The van der Waals surface area contributed by atoms with E-state index in [1.807, 2.05) is 41.1 Å². The predicted octanol–water partition coefficient (Wildman–Crippen LogP) is 5.45. The maximum absolute atomic E-state index is 13.0. The minimum absolute atomic E-state index is 0.0779. The van der Waals surface area contributed by atoms with E-state index < -0.39 is 0 Å². The highest BCUT2D eigenvalue weighted by molar-refractivity contribution is 7.12. The summed E-state index contributed by atoms with van der Waals surface area (Å²) in [5.41, 5.74) is 1.43. The largest absolute Gasteiger partial charge is 0.276 e. The van der Waals surface area contributed by atoms with Gasteiger partial charge in [-0.05, 0) is 35.0 Å². The molecule has 0 saturated heterocycles. The summed E-state index contributed by atoms with van der Waals surface area (Å²) < 4.78 is 0. The molecular formula is C18H13ClN2OS2. The van der Waals surface area contributed by atoms with Crippen LogP contribution in [0.2, 0.25) is 5.02 Å². The zero-order valence-electron chi connectivity index (χ0n) is 12.6. The van der Waals surface area contributed by atoms with Crippen molar-refractivity contribution in [2.24, 2.45) is 5.10 Å². The summed E-state index contributed by atoms with van der Waals surface area (Å²) in [4.78, 5) is 15.3. The van der Waals surface area contributed by atoms with E-state index in [0.717, 1.165) is 21.9 Å². The fourth-order valence-electron chi connectivity index (χ4n) is 2.75. The Morgan fingerprint density at radius 2 is 1.88 bits per heavy atom. The average Bonchev–Trinajstić information content (AvgIpc) is 3.33. The van der Waals surface area contributed by atoms with Crippen molar-refractivity contribution in [1.82, 2.24) is 5.01 Å². The quantitative estimate of drug-likeness (QED) is 0.601. The lowest BCUT2D eigenvalue weighted by Crippen LogP contribution is -2.26. The molecule has 3 nitrogen and oxygen atoms in total. The van der Waals surface area contributed by atoms with Gasteiger partial charge in [0.2, 0.25) is 0 Å². The first-order valence-corrected chi connectivity index (χ1v) is 9.60. The fourth-order valence-corrected chi connectivity index (χ4v) is 4.50. The number of hydrazone groups is 1. The van der Waals surface area contributed by atoms with Crippen molar-refractivity contribution >= 4 is 45.9 Å². The molecule has 0 N–H and O–H groups in total. The summed E-state index contributed by atoms with van der Waals surface area (Å²) in [6.45, 7) is 0. The van der Waals surface area contributed by atoms with Crippen LogP contribution in [0.15, 0.2) is 64.4 Å². The van der Waals surface area contributed by atoms with E-state index in [4.69, 9.17) is 11.6 Å². The van der Waals surface area contributed by atoms with Gasteiger partial charge >= 0.3 is 0 Å². The molecule has 1 aromatic carbocycles. The lowest BCUT2D eigenvalue weighted by atomic mass is 10.1. The number of hydrogen-bond donors (Lipinski definition) is 0. The maximum atomic E-state index is 13.0. The molecule has 3 heterocycles. The van der Waals surface area contributed by atoms with Gasteiger partial charge in [0, 0.05) is 11.3 Å². The molecule has 0 radical (unpaired) electrons. The monoisotopic (exact) mass is 372 g/mol. The molecule has 0 saturated carbocycles. The van der Waals surface area contributed by atoms with Crippen LogP contribution in [0.3, 0.4) is 0 Å². The first-order chi connectivity index (χ1) is 11.7. The molecule has 120 valence electrons. The number of amides is 1. The lowest BCUT2D eigenvalue weighted by Gasteiger charge is -2.21. The molecule has 1 aliphatic rings. The Morgan fingerprint density at radius 3 is 2.58 bits per heavy atom. The molecule has 3 aromatic rings. The van der Waals surface area contributed by atoms with E-state index in [2.05, 4.69) is 11.2 Å². The Bertz CT molecular complexity index is 888. The number of nitrogens with zero attached hydrogens (tertiary/aromatic N) is 2. The third-order valence-electron chi connectivity index (χ3n) is 3.90. The Kier molecular flexibility index (Phi) is 4.22. The molecule has 0 bridgehead atoms. The predicted molar refractivity (Wildman–Crippen MR) is 100 cm³/mol. The van der Waals surface area contributed by atoms with E-state index in [9.17, 15) is 4.79 Å². The van der Waals surface area contributed by atoms with Crippen molar-refractivity contribution < 1.29 is 4.79 Å². The Morgan fingerprint density at radius 1 is 1.08 bits per heavy atom. The molecule has 1 amide bonds. The third kappa shape index (κ3) is 2.79. The molecule has 1 aliphatic heterocycles.